The van der Waals surface area contributed by atoms with Gasteiger partial charge >= 0.3 is 12.5 Å². The Labute approximate surface area is 149 Å². The molecular formula is C13H15F6N3O4S. The molecule has 1 aliphatic rings. The topological polar surface area (TPSA) is 82.8 Å². The van der Waals surface area contributed by atoms with Crippen LogP contribution in [0, 0.1) is 0 Å². The molecule has 0 N–H and O–H groups in total. The lowest BCUT2D eigenvalue weighted by Crippen LogP contribution is -2.25. The van der Waals surface area contributed by atoms with Gasteiger partial charge in [0.1, 0.15) is 5.60 Å². The van der Waals surface area contributed by atoms with Gasteiger partial charge in [-0.05, 0) is 20.8 Å². The molecule has 0 bridgehead atoms. The predicted molar refractivity (Wildman–Crippen MR) is 79.4 cm³/mol. The monoisotopic (exact) mass is 423 g/mol. The molecule has 0 radical (unpaired) electrons. The van der Waals surface area contributed by atoms with Crippen LogP contribution in [0.3, 0.4) is 0 Å². The van der Waals surface area contributed by atoms with Crippen molar-refractivity contribution in [2.45, 2.75) is 57.6 Å². The first-order chi connectivity index (χ1) is 12.1. The minimum absolute atomic E-state index is 0.242. The van der Waals surface area contributed by atoms with E-state index >= 15 is 0 Å². The van der Waals surface area contributed by atoms with Crippen molar-refractivity contribution < 1.29 is 44.3 Å². The number of hydrogen-bond donors (Lipinski definition) is 0. The van der Waals surface area contributed by atoms with E-state index in [0.29, 0.717) is 4.68 Å². The average Bonchev–Trinajstić information content (AvgIpc) is 2.98. The van der Waals surface area contributed by atoms with Crippen molar-refractivity contribution >= 4 is 14.9 Å². The van der Waals surface area contributed by atoms with Gasteiger partial charge in [-0.3, -0.25) is 0 Å². The molecule has 0 fully saturated rings. The summed E-state index contributed by atoms with van der Waals surface area (Å²) in [5.74, 6) is -2.76. The maximum atomic E-state index is 13.2. The summed E-state index contributed by atoms with van der Waals surface area (Å²) in [5, 5.41) is 5.82. The summed E-state index contributed by atoms with van der Waals surface area (Å²) in [5.41, 5.74) is -4.02. The van der Waals surface area contributed by atoms with Gasteiger partial charge in [0.2, 0.25) is 5.88 Å². The summed E-state index contributed by atoms with van der Waals surface area (Å²) in [6.45, 7) is 3.80. The number of aromatic nitrogens is 2. The van der Waals surface area contributed by atoms with Crippen molar-refractivity contribution in [3.8, 4) is 5.88 Å². The molecule has 154 valence electrons. The zero-order valence-corrected chi connectivity index (χ0v) is 15.1. The summed E-state index contributed by atoms with van der Waals surface area (Å²) < 4.78 is 106. The Kier molecular flexibility index (Phi) is 5.18. The zero-order valence-electron chi connectivity index (χ0n) is 14.3. The molecule has 0 atom stereocenters. The van der Waals surface area contributed by atoms with E-state index in [0.717, 1.165) is 0 Å². The second-order valence-corrected chi connectivity index (χ2v) is 8.25. The molecule has 1 aromatic rings. The fourth-order valence-corrected chi connectivity index (χ4v) is 3.85. The number of nitrogens with zero attached hydrogens (tertiary/aromatic N) is 3. The van der Waals surface area contributed by atoms with Crippen LogP contribution in [-0.4, -0.2) is 35.2 Å². The summed E-state index contributed by atoms with van der Waals surface area (Å²) in [6.07, 6.45) is -10.8. The molecule has 27 heavy (non-hydrogen) atoms. The van der Waals surface area contributed by atoms with Crippen LogP contribution in [-0.2, 0) is 33.1 Å². The van der Waals surface area contributed by atoms with Crippen LogP contribution in [0.25, 0.3) is 0 Å². The second kappa shape index (κ2) is 6.56. The van der Waals surface area contributed by atoms with Crippen molar-refractivity contribution in [1.29, 1.82) is 0 Å². The molecule has 0 amide bonds. The van der Waals surface area contributed by atoms with E-state index in [-0.39, 0.29) is 6.42 Å². The number of alkyl halides is 6. The normalized spacial score (nSPS) is 17.6. The Bertz CT molecular complexity index is 855. The highest BCUT2D eigenvalue weighted by Crippen LogP contribution is 2.39. The lowest BCUT2D eigenvalue weighted by molar-refractivity contribution is -0.277. The highest BCUT2D eigenvalue weighted by atomic mass is 32.2. The molecule has 2 rings (SSSR count). The van der Waals surface area contributed by atoms with Gasteiger partial charge in [-0.2, -0.15) is 18.3 Å². The SMILES string of the molecule is CCn1nc(C(F)(F)F)c(CS(=O)(=O)C2=NOC(C)(C)C2)c1OC(F)(F)F. The van der Waals surface area contributed by atoms with Crippen LogP contribution in [0.1, 0.15) is 38.4 Å². The molecule has 0 saturated carbocycles. The van der Waals surface area contributed by atoms with Gasteiger partial charge in [-0.25, -0.2) is 13.1 Å². The number of hydrogen-bond acceptors (Lipinski definition) is 6. The van der Waals surface area contributed by atoms with E-state index in [9.17, 15) is 34.8 Å². The quantitative estimate of drug-likeness (QED) is 0.695. The van der Waals surface area contributed by atoms with E-state index in [1.165, 1.54) is 20.8 Å². The first-order valence-electron chi connectivity index (χ1n) is 7.46. The molecule has 0 saturated heterocycles. The number of rotatable bonds is 4. The number of oxime groups is 1. The Morgan fingerprint density at radius 1 is 1.22 bits per heavy atom. The number of aryl methyl sites for hydroxylation is 1. The van der Waals surface area contributed by atoms with Gasteiger partial charge in [0, 0.05) is 13.0 Å². The Morgan fingerprint density at radius 2 is 1.81 bits per heavy atom. The largest absolute Gasteiger partial charge is 0.574 e. The van der Waals surface area contributed by atoms with Crippen molar-refractivity contribution in [2.24, 2.45) is 5.16 Å². The molecular weight excluding hydrogens is 408 g/mol. The summed E-state index contributed by atoms with van der Waals surface area (Å²) in [6, 6.07) is 0. The van der Waals surface area contributed by atoms with Gasteiger partial charge in [0.25, 0.3) is 0 Å². The third-order valence-corrected chi connectivity index (χ3v) is 5.05. The van der Waals surface area contributed by atoms with E-state index in [4.69, 9.17) is 4.84 Å². The van der Waals surface area contributed by atoms with Crippen LogP contribution < -0.4 is 4.74 Å². The van der Waals surface area contributed by atoms with Crippen LogP contribution >= 0.6 is 0 Å². The smallest absolute Gasteiger partial charge is 0.389 e. The minimum Gasteiger partial charge on any atom is -0.389 e. The molecule has 0 spiro atoms. The van der Waals surface area contributed by atoms with Crippen molar-refractivity contribution in [2.75, 3.05) is 0 Å². The highest BCUT2D eigenvalue weighted by molar-refractivity contribution is 8.05. The molecule has 1 aliphatic heterocycles. The summed E-state index contributed by atoms with van der Waals surface area (Å²) in [4.78, 5) is 4.87. The van der Waals surface area contributed by atoms with E-state index in [1.807, 2.05) is 0 Å². The molecule has 7 nitrogen and oxygen atoms in total. The fourth-order valence-electron chi connectivity index (χ4n) is 2.32. The number of sulfone groups is 1. The molecule has 2 heterocycles. The minimum atomic E-state index is -5.34. The molecule has 1 aromatic heterocycles. The zero-order chi connectivity index (χ0) is 20.8. The summed E-state index contributed by atoms with van der Waals surface area (Å²) in [7, 11) is -4.52. The maximum absolute atomic E-state index is 13.2. The fraction of sp³-hybridized carbons (Fsp3) is 0.692. The molecule has 0 aliphatic carbocycles. The third-order valence-electron chi connectivity index (χ3n) is 3.44. The Balaban J connectivity index is 2.55. The molecule has 0 unspecified atom stereocenters. The van der Waals surface area contributed by atoms with Gasteiger partial charge in [-0.1, -0.05) is 5.16 Å². The Hall–Kier alpha value is -1.99. The lowest BCUT2D eigenvalue weighted by atomic mass is 10.1. The standard InChI is InChI=1S/C13H15F6N3O4S/c1-4-22-10(25-13(17,18)19)7(9(20-22)12(14,15)16)6-27(23,24)8-5-11(2,3)26-21-8/h4-6H2,1-3H3. The van der Waals surface area contributed by atoms with Gasteiger partial charge in [-0.15, -0.1) is 13.2 Å². The van der Waals surface area contributed by atoms with E-state index in [1.54, 1.807) is 0 Å². The molecule has 14 heteroatoms. The van der Waals surface area contributed by atoms with Gasteiger partial charge in [0.05, 0.1) is 11.3 Å². The van der Waals surface area contributed by atoms with Crippen molar-refractivity contribution in [3.63, 3.8) is 0 Å². The molecule has 0 aromatic carbocycles. The van der Waals surface area contributed by atoms with Crippen molar-refractivity contribution in [3.05, 3.63) is 11.3 Å². The average molecular weight is 423 g/mol. The predicted octanol–water partition coefficient (Wildman–Crippen LogP) is 3.25. The first-order valence-corrected chi connectivity index (χ1v) is 9.11. The Morgan fingerprint density at radius 3 is 2.22 bits per heavy atom. The van der Waals surface area contributed by atoms with Gasteiger partial charge < -0.3 is 9.57 Å². The van der Waals surface area contributed by atoms with Crippen LogP contribution in [0.4, 0.5) is 26.3 Å². The van der Waals surface area contributed by atoms with Gasteiger partial charge in [0.15, 0.2) is 20.6 Å². The maximum Gasteiger partial charge on any atom is 0.574 e. The second-order valence-electron chi connectivity index (χ2n) is 6.27. The summed E-state index contributed by atoms with van der Waals surface area (Å²) >= 11 is 0. The first kappa shape index (κ1) is 21.3. The van der Waals surface area contributed by atoms with E-state index in [2.05, 4.69) is 15.0 Å². The van der Waals surface area contributed by atoms with Crippen LogP contribution in [0.5, 0.6) is 5.88 Å². The van der Waals surface area contributed by atoms with E-state index < -0.39 is 62.5 Å². The van der Waals surface area contributed by atoms with Crippen LogP contribution in [0.2, 0.25) is 0 Å². The number of ether oxygens (including phenoxy) is 1. The highest BCUT2D eigenvalue weighted by Gasteiger charge is 2.45. The van der Waals surface area contributed by atoms with Crippen molar-refractivity contribution in [1.82, 2.24) is 9.78 Å². The lowest BCUT2D eigenvalue weighted by Gasteiger charge is -2.14. The third kappa shape index (κ3) is 4.84. The number of halogens is 6. The van der Waals surface area contributed by atoms with Crippen LogP contribution in [0.15, 0.2) is 5.16 Å².